The number of hydrogen-bond donors (Lipinski definition) is 2. The fourth-order valence-electron chi connectivity index (χ4n) is 1.59. The second-order valence-corrected chi connectivity index (χ2v) is 4.56. The molecule has 2 aromatic rings. The highest BCUT2D eigenvalue weighted by Crippen LogP contribution is 2.20. The Morgan fingerprint density at radius 3 is 2.89 bits per heavy atom. The predicted octanol–water partition coefficient (Wildman–Crippen LogP) is 0.856. The van der Waals surface area contributed by atoms with E-state index < -0.39 is 5.91 Å². The number of thiazole rings is 1. The lowest BCUT2D eigenvalue weighted by Crippen LogP contribution is -2.23. The van der Waals surface area contributed by atoms with Gasteiger partial charge in [-0.05, 0) is 6.07 Å². The van der Waals surface area contributed by atoms with Crippen molar-refractivity contribution in [2.45, 2.75) is 6.54 Å². The van der Waals surface area contributed by atoms with Gasteiger partial charge in [-0.2, -0.15) is 0 Å². The van der Waals surface area contributed by atoms with Gasteiger partial charge in [-0.1, -0.05) is 0 Å². The summed E-state index contributed by atoms with van der Waals surface area (Å²) in [7, 11) is 1.82. The van der Waals surface area contributed by atoms with E-state index in [9.17, 15) is 4.79 Å². The molecule has 18 heavy (non-hydrogen) atoms. The molecule has 2 aromatic heterocycles. The standard InChI is InChI=1S/C11H13N5OS/c1-16(4-8-5-18-6-15-8)11-9(10(13)17)2-7(12)3-14-11/h2-3,5-6H,4,12H2,1H3,(H2,13,17). The Bertz CT molecular complexity index is 555. The third-order valence-corrected chi connectivity index (χ3v) is 3.03. The topological polar surface area (TPSA) is 98.1 Å². The first-order chi connectivity index (χ1) is 8.58. The summed E-state index contributed by atoms with van der Waals surface area (Å²) in [5, 5.41) is 1.94. The average molecular weight is 263 g/mol. The number of nitrogen functional groups attached to an aromatic ring is 1. The van der Waals surface area contributed by atoms with Crippen LogP contribution in [0.1, 0.15) is 16.1 Å². The number of anilines is 2. The van der Waals surface area contributed by atoms with Crippen LogP contribution in [0.2, 0.25) is 0 Å². The van der Waals surface area contributed by atoms with Gasteiger partial charge in [0, 0.05) is 12.4 Å². The highest BCUT2D eigenvalue weighted by Gasteiger charge is 2.14. The Kier molecular flexibility index (Phi) is 3.42. The molecule has 0 aliphatic carbocycles. The maximum Gasteiger partial charge on any atom is 0.252 e. The Morgan fingerprint density at radius 2 is 2.28 bits per heavy atom. The lowest BCUT2D eigenvalue weighted by Gasteiger charge is -2.19. The molecule has 94 valence electrons. The highest BCUT2D eigenvalue weighted by atomic mass is 32.1. The molecule has 1 amide bonds. The fraction of sp³-hybridized carbons (Fsp3) is 0.182. The fourth-order valence-corrected chi connectivity index (χ4v) is 2.14. The zero-order valence-corrected chi connectivity index (χ0v) is 10.6. The van der Waals surface area contributed by atoms with Gasteiger partial charge in [-0.25, -0.2) is 9.97 Å². The Morgan fingerprint density at radius 1 is 1.50 bits per heavy atom. The van der Waals surface area contributed by atoms with Crippen LogP contribution in [0.15, 0.2) is 23.2 Å². The molecular weight excluding hydrogens is 250 g/mol. The summed E-state index contributed by atoms with van der Waals surface area (Å²) in [5.41, 5.74) is 14.3. The number of rotatable bonds is 4. The second-order valence-electron chi connectivity index (χ2n) is 3.84. The van der Waals surface area contributed by atoms with Crippen LogP contribution in [0.3, 0.4) is 0 Å². The molecule has 0 aliphatic rings. The van der Waals surface area contributed by atoms with Crippen molar-refractivity contribution in [2.24, 2.45) is 5.73 Å². The number of pyridine rings is 1. The largest absolute Gasteiger partial charge is 0.397 e. The molecule has 0 radical (unpaired) electrons. The maximum atomic E-state index is 11.4. The summed E-state index contributed by atoms with van der Waals surface area (Å²) in [4.78, 5) is 21.5. The first-order valence-electron chi connectivity index (χ1n) is 5.21. The maximum absolute atomic E-state index is 11.4. The van der Waals surface area contributed by atoms with Crippen LogP contribution in [-0.4, -0.2) is 22.9 Å². The van der Waals surface area contributed by atoms with E-state index in [1.54, 1.807) is 5.51 Å². The van der Waals surface area contributed by atoms with Gasteiger partial charge < -0.3 is 16.4 Å². The summed E-state index contributed by atoms with van der Waals surface area (Å²) < 4.78 is 0. The number of carbonyl (C=O) groups excluding carboxylic acids is 1. The molecule has 0 saturated heterocycles. The van der Waals surface area contributed by atoms with Crippen molar-refractivity contribution in [1.29, 1.82) is 0 Å². The van der Waals surface area contributed by atoms with Gasteiger partial charge in [-0.3, -0.25) is 4.79 Å². The highest BCUT2D eigenvalue weighted by molar-refractivity contribution is 7.07. The lowest BCUT2D eigenvalue weighted by atomic mass is 10.2. The van der Waals surface area contributed by atoms with Crippen molar-refractivity contribution in [3.8, 4) is 0 Å². The second kappa shape index (κ2) is 5.01. The van der Waals surface area contributed by atoms with Gasteiger partial charge >= 0.3 is 0 Å². The minimum absolute atomic E-state index is 0.313. The molecule has 0 aliphatic heterocycles. The number of carbonyl (C=O) groups is 1. The van der Waals surface area contributed by atoms with Crippen LogP contribution >= 0.6 is 11.3 Å². The molecule has 0 saturated carbocycles. The molecule has 0 atom stereocenters. The van der Waals surface area contributed by atoms with Crippen LogP contribution in [0.25, 0.3) is 0 Å². The molecule has 4 N–H and O–H groups in total. The van der Waals surface area contributed by atoms with Crippen molar-refractivity contribution < 1.29 is 4.79 Å². The van der Waals surface area contributed by atoms with Gasteiger partial charge in [0.2, 0.25) is 0 Å². The van der Waals surface area contributed by atoms with E-state index in [0.29, 0.717) is 23.6 Å². The summed E-state index contributed by atoms with van der Waals surface area (Å²) in [6.07, 6.45) is 1.50. The Labute approximate surface area is 108 Å². The lowest BCUT2D eigenvalue weighted by molar-refractivity contribution is 0.100. The predicted molar refractivity (Wildman–Crippen MR) is 71.4 cm³/mol. The van der Waals surface area contributed by atoms with Crippen molar-refractivity contribution >= 4 is 28.7 Å². The van der Waals surface area contributed by atoms with E-state index in [-0.39, 0.29) is 0 Å². The third-order valence-electron chi connectivity index (χ3n) is 2.40. The summed E-state index contributed by atoms with van der Waals surface area (Å²) in [6.45, 7) is 0.556. The van der Waals surface area contributed by atoms with Crippen LogP contribution < -0.4 is 16.4 Å². The van der Waals surface area contributed by atoms with E-state index in [0.717, 1.165) is 5.69 Å². The van der Waals surface area contributed by atoms with Crippen molar-refractivity contribution in [1.82, 2.24) is 9.97 Å². The van der Waals surface area contributed by atoms with Crippen molar-refractivity contribution in [3.63, 3.8) is 0 Å². The molecule has 7 heteroatoms. The number of nitrogens with zero attached hydrogens (tertiary/aromatic N) is 3. The average Bonchev–Trinajstić information content (AvgIpc) is 2.81. The number of aromatic nitrogens is 2. The summed E-state index contributed by atoms with van der Waals surface area (Å²) in [5.74, 6) is -0.0420. The molecular formula is C11H13N5OS. The van der Waals surface area contributed by atoms with Gasteiger partial charge in [0.15, 0.2) is 0 Å². The van der Waals surface area contributed by atoms with E-state index in [2.05, 4.69) is 9.97 Å². The number of hydrogen-bond acceptors (Lipinski definition) is 6. The van der Waals surface area contributed by atoms with E-state index in [1.807, 2.05) is 17.3 Å². The quantitative estimate of drug-likeness (QED) is 0.852. The minimum atomic E-state index is -0.546. The SMILES string of the molecule is CN(Cc1cscn1)c1ncc(N)cc1C(N)=O. The number of primary amides is 1. The van der Waals surface area contributed by atoms with Gasteiger partial charge in [0.1, 0.15) is 5.82 Å². The Hall–Kier alpha value is -2.15. The van der Waals surface area contributed by atoms with Crippen LogP contribution in [0, 0.1) is 0 Å². The molecule has 2 heterocycles. The molecule has 2 rings (SSSR count). The van der Waals surface area contributed by atoms with E-state index in [4.69, 9.17) is 11.5 Å². The molecule has 6 nitrogen and oxygen atoms in total. The molecule has 0 aromatic carbocycles. The zero-order valence-electron chi connectivity index (χ0n) is 9.83. The third kappa shape index (κ3) is 2.57. The van der Waals surface area contributed by atoms with Crippen LogP contribution in [0.4, 0.5) is 11.5 Å². The monoisotopic (exact) mass is 263 g/mol. The first kappa shape index (κ1) is 12.3. The number of amides is 1. The van der Waals surface area contributed by atoms with E-state index >= 15 is 0 Å². The molecule has 0 bridgehead atoms. The minimum Gasteiger partial charge on any atom is -0.397 e. The molecule has 0 unspecified atom stereocenters. The van der Waals surface area contributed by atoms with Gasteiger partial charge in [0.25, 0.3) is 5.91 Å². The van der Waals surface area contributed by atoms with Crippen LogP contribution in [-0.2, 0) is 6.54 Å². The summed E-state index contributed by atoms with van der Waals surface area (Å²) >= 11 is 1.52. The Balaban J connectivity index is 2.29. The van der Waals surface area contributed by atoms with Crippen molar-refractivity contribution in [2.75, 3.05) is 17.7 Å². The van der Waals surface area contributed by atoms with Crippen molar-refractivity contribution in [3.05, 3.63) is 34.4 Å². The normalized spacial score (nSPS) is 10.3. The molecule has 0 fully saturated rings. The first-order valence-corrected chi connectivity index (χ1v) is 6.15. The van der Waals surface area contributed by atoms with E-state index in [1.165, 1.54) is 23.6 Å². The number of nitrogens with two attached hydrogens (primary N) is 2. The van der Waals surface area contributed by atoms with Gasteiger partial charge in [-0.15, -0.1) is 11.3 Å². The molecule has 0 spiro atoms. The smallest absolute Gasteiger partial charge is 0.252 e. The van der Waals surface area contributed by atoms with Crippen LogP contribution in [0.5, 0.6) is 0 Å². The zero-order chi connectivity index (χ0) is 13.1. The van der Waals surface area contributed by atoms with Gasteiger partial charge in [0.05, 0.1) is 35.2 Å². The summed E-state index contributed by atoms with van der Waals surface area (Å²) in [6, 6.07) is 1.53.